The number of ether oxygens (including phenoxy) is 1. The van der Waals surface area contributed by atoms with E-state index in [2.05, 4.69) is 10.6 Å². The first-order chi connectivity index (χ1) is 9.10. The Morgan fingerprint density at radius 2 is 2.32 bits per heavy atom. The van der Waals surface area contributed by atoms with Crippen molar-refractivity contribution < 1.29 is 13.9 Å². The molecule has 1 aliphatic rings. The van der Waals surface area contributed by atoms with Crippen molar-refractivity contribution in [2.45, 2.75) is 25.8 Å². The van der Waals surface area contributed by atoms with Crippen LogP contribution >= 0.6 is 0 Å². The van der Waals surface area contributed by atoms with Crippen molar-refractivity contribution in [2.75, 3.05) is 19.0 Å². The first kappa shape index (κ1) is 13.8. The summed E-state index contributed by atoms with van der Waals surface area (Å²) in [6.07, 6.45) is 1.55. The van der Waals surface area contributed by atoms with Crippen LogP contribution in [0.1, 0.15) is 19.8 Å². The standard InChI is InChI=1S/C14H19FN2O2/c1-9-7-10(5-6-16-9)14(18)17-13-8-11(19-2)3-4-12(13)15/h3-4,8-10,16H,5-7H2,1-2H3,(H,17,18)/t9-,10-/m0/s1. The van der Waals surface area contributed by atoms with Gasteiger partial charge in [-0.05, 0) is 38.4 Å². The summed E-state index contributed by atoms with van der Waals surface area (Å²) >= 11 is 0. The summed E-state index contributed by atoms with van der Waals surface area (Å²) in [5.74, 6) is -0.117. The van der Waals surface area contributed by atoms with E-state index in [1.165, 1.54) is 25.3 Å². The second kappa shape index (κ2) is 6.02. The molecular weight excluding hydrogens is 247 g/mol. The molecule has 1 fully saturated rings. The summed E-state index contributed by atoms with van der Waals surface area (Å²) in [5.41, 5.74) is 0.176. The topological polar surface area (TPSA) is 50.4 Å². The number of rotatable bonds is 3. The molecule has 1 aromatic carbocycles. The third kappa shape index (κ3) is 3.44. The molecule has 0 aliphatic carbocycles. The molecule has 19 heavy (non-hydrogen) atoms. The Balaban J connectivity index is 2.05. The first-order valence-corrected chi connectivity index (χ1v) is 6.48. The molecule has 2 atom stereocenters. The van der Waals surface area contributed by atoms with Crippen LogP contribution in [0, 0.1) is 11.7 Å². The molecule has 0 radical (unpaired) electrons. The number of carbonyl (C=O) groups is 1. The van der Waals surface area contributed by atoms with Crippen LogP contribution in [-0.2, 0) is 4.79 Å². The van der Waals surface area contributed by atoms with Gasteiger partial charge in [-0.1, -0.05) is 0 Å². The van der Waals surface area contributed by atoms with E-state index in [1.54, 1.807) is 0 Å². The molecule has 0 spiro atoms. The SMILES string of the molecule is COc1ccc(F)c(NC(=O)[C@H]2CCN[C@@H](C)C2)c1. The van der Waals surface area contributed by atoms with E-state index in [4.69, 9.17) is 4.74 Å². The highest BCUT2D eigenvalue weighted by atomic mass is 19.1. The van der Waals surface area contributed by atoms with Gasteiger partial charge in [-0.2, -0.15) is 0 Å². The Morgan fingerprint density at radius 3 is 3.00 bits per heavy atom. The largest absolute Gasteiger partial charge is 0.497 e. The maximum Gasteiger partial charge on any atom is 0.227 e. The van der Waals surface area contributed by atoms with E-state index in [1.807, 2.05) is 6.92 Å². The average molecular weight is 266 g/mol. The van der Waals surface area contributed by atoms with Crippen molar-refractivity contribution in [1.29, 1.82) is 0 Å². The van der Waals surface area contributed by atoms with E-state index >= 15 is 0 Å². The molecule has 4 nitrogen and oxygen atoms in total. The Bertz CT molecular complexity index is 465. The van der Waals surface area contributed by atoms with Crippen LogP contribution in [-0.4, -0.2) is 25.6 Å². The van der Waals surface area contributed by atoms with Crippen LogP contribution in [0.2, 0.25) is 0 Å². The quantitative estimate of drug-likeness (QED) is 0.881. The van der Waals surface area contributed by atoms with Gasteiger partial charge < -0.3 is 15.4 Å². The van der Waals surface area contributed by atoms with Gasteiger partial charge in [0.1, 0.15) is 11.6 Å². The molecule has 1 amide bonds. The van der Waals surface area contributed by atoms with Crippen molar-refractivity contribution in [3.63, 3.8) is 0 Å². The molecule has 2 N–H and O–H groups in total. The van der Waals surface area contributed by atoms with Crippen LogP contribution < -0.4 is 15.4 Å². The molecule has 1 saturated heterocycles. The molecule has 1 aliphatic heterocycles. The number of halogens is 1. The fraction of sp³-hybridized carbons (Fsp3) is 0.500. The van der Waals surface area contributed by atoms with Crippen molar-refractivity contribution in [3.8, 4) is 5.75 Å². The van der Waals surface area contributed by atoms with Gasteiger partial charge in [-0.25, -0.2) is 4.39 Å². The Morgan fingerprint density at radius 1 is 1.53 bits per heavy atom. The van der Waals surface area contributed by atoms with Crippen LogP contribution in [0.25, 0.3) is 0 Å². The van der Waals surface area contributed by atoms with Gasteiger partial charge in [-0.3, -0.25) is 4.79 Å². The van der Waals surface area contributed by atoms with E-state index < -0.39 is 5.82 Å². The van der Waals surface area contributed by atoms with E-state index in [-0.39, 0.29) is 17.5 Å². The first-order valence-electron chi connectivity index (χ1n) is 6.48. The van der Waals surface area contributed by atoms with E-state index in [0.29, 0.717) is 11.8 Å². The molecule has 1 heterocycles. The van der Waals surface area contributed by atoms with Gasteiger partial charge in [-0.15, -0.1) is 0 Å². The third-order valence-corrected chi connectivity index (χ3v) is 3.43. The number of benzene rings is 1. The molecular formula is C14H19FN2O2. The lowest BCUT2D eigenvalue weighted by Gasteiger charge is -2.27. The maximum atomic E-state index is 13.6. The minimum absolute atomic E-state index is 0.0677. The number of anilines is 1. The molecule has 0 aromatic heterocycles. The van der Waals surface area contributed by atoms with Gasteiger partial charge in [0.15, 0.2) is 0 Å². The molecule has 1 aromatic rings. The van der Waals surface area contributed by atoms with Crippen molar-refractivity contribution in [2.24, 2.45) is 5.92 Å². The van der Waals surface area contributed by atoms with Gasteiger partial charge >= 0.3 is 0 Å². The highest BCUT2D eigenvalue weighted by molar-refractivity contribution is 5.93. The summed E-state index contributed by atoms with van der Waals surface area (Å²) in [5, 5.41) is 5.94. The zero-order valence-electron chi connectivity index (χ0n) is 11.2. The van der Waals surface area contributed by atoms with Gasteiger partial charge in [0.25, 0.3) is 0 Å². The Kier molecular flexibility index (Phi) is 4.37. The predicted octanol–water partition coefficient (Wildman–Crippen LogP) is 2.16. The van der Waals surface area contributed by atoms with Crippen LogP contribution in [0.5, 0.6) is 5.75 Å². The van der Waals surface area contributed by atoms with Gasteiger partial charge in [0, 0.05) is 18.0 Å². The highest BCUT2D eigenvalue weighted by Gasteiger charge is 2.25. The van der Waals surface area contributed by atoms with Crippen LogP contribution in [0.4, 0.5) is 10.1 Å². The molecule has 0 bridgehead atoms. The second-order valence-electron chi connectivity index (χ2n) is 4.91. The fourth-order valence-corrected chi connectivity index (χ4v) is 2.33. The Hall–Kier alpha value is -1.62. The fourth-order valence-electron chi connectivity index (χ4n) is 2.33. The van der Waals surface area contributed by atoms with Crippen molar-refractivity contribution >= 4 is 11.6 Å². The number of piperidine rings is 1. The second-order valence-corrected chi connectivity index (χ2v) is 4.91. The molecule has 5 heteroatoms. The molecule has 0 unspecified atom stereocenters. The molecule has 0 saturated carbocycles. The van der Waals surface area contributed by atoms with Gasteiger partial charge in [0.2, 0.25) is 5.91 Å². The number of hydrogen-bond acceptors (Lipinski definition) is 3. The third-order valence-electron chi connectivity index (χ3n) is 3.43. The zero-order valence-corrected chi connectivity index (χ0v) is 11.2. The number of hydrogen-bond donors (Lipinski definition) is 2. The summed E-state index contributed by atoms with van der Waals surface area (Å²) in [6.45, 7) is 2.87. The average Bonchev–Trinajstić information content (AvgIpc) is 2.41. The minimum Gasteiger partial charge on any atom is -0.497 e. The summed E-state index contributed by atoms with van der Waals surface area (Å²) in [7, 11) is 1.51. The molecule has 2 rings (SSSR count). The van der Waals surface area contributed by atoms with Crippen LogP contribution in [0.3, 0.4) is 0 Å². The number of nitrogens with one attached hydrogen (secondary N) is 2. The maximum absolute atomic E-state index is 13.6. The predicted molar refractivity (Wildman–Crippen MR) is 71.8 cm³/mol. The van der Waals surface area contributed by atoms with E-state index in [0.717, 1.165) is 19.4 Å². The van der Waals surface area contributed by atoms with Crippen molar-refractivity contribution in [3.05, 3.63) is 24.0 Å². The minimum atomic E-state index is -0.448. The number of amides is 1. The lowest BCUT2D eigenvalue weighted by atomic mass is 9.92. The van der Waals surface area contributed by atoms with E-state index in [9.17, 15) is 9.18 Å². The smallest absolute Gasteiger partial charge is 0.227 e. The Labute approximate surface area is 112 Å². The lowest BCUT2D eigenvalue weighted by molar-refractivity contribution is -0.120. The number of carbonyl (C=O) groups excluding carboxylic acids is 1. The van der Waals surface area contributed by atoms with Gasteiger partial charge in [0.05, 0.1) is 12.8 Å². The van der Waals surface area contributed by atoms with Crippen LogP contribution in [0.15, 0.2) is 18.2 Å². The summed E-state index contributed by atoms with van der Waals surface area (Å²) in [6, 6.07) is 4.63. The summed E-state index contributed by atoms with van der Waals surface area (Å²) < 4.78 is 18.7. The lowest BCUT2D eigenvalue weighted by Crippen LogP contribution is -2.40. The normalized spacial score (nSPS) is 22.9. The zero-order chi connectivity index (χ0) is 13.8. The monoisotopic (exact) mass is 266 g/mol. The number of methoxy groups -OCH3 is 1. The summed E-state index contributed by atoms with van der Waals surface area (Å²) in [4.78, 5) is 12.1. The highest BCUT2D eigenvalue weighted by Crippen LogP contribution is 2.23. The van der Waals surface area contributed by atoms with Crippen molar-refractivity contribution in [1.82, 2.24) is 5.32 Å². The molecule has 104 valence electrons.